The number of hydrogen-bond acceptors (Lipinski definition) is 5. The molecule has 0 saturated heterocycles. The van der Waals surface area contributed by atoms with Gasteiger partial charge in [0.15, 0.2) is 11.6 Å². The molecule has 0 amide bonds. The Labute approximate surface area is 148 Å². The van der Waals surface area contributed by atoms with Crippen molar-refractivity contribution in [2.24, 2.45) is 0 Å². The van der Waals surface area contributed by atoms with Crippen LogP contribution in [0.5, 0.6) is 5.75 Å². The van der Waals surface area contributed by atoms with Crippen molar-refractivity contribution < 1.29 is 9.53 Å². The van der Waals surface area contributed by atoms with Crippen LogP contribution in [0.1, 0.15) is 10.4 Å². The molecule has 1 aromatic heterocycles. The van der Waals surface area contributed by atoms with E-state index in [1.54, 1.807) is 31.4 Å². The summed E-state index contributed by atoms with van der Waals surface area (Å²) in [7, 11) is 1.55. The summed E-state index contributed by atoms with van der Waals surface area (Å²) in [6.45, 7) is 0. The smallest absolute Gasteiger partial charge is 0.209 e. The lowest BCUT2D eigenvalue weighted by atomic mass is 10.1. The van der Waals surface area contributed by atoms with Crippen LogP contribution in [0.2, 0.25) is 5.02 Å². The fraction of sp³-hybridized carbons (Fsp3) is 0.118. The van der Waals surface area contributed by atoms with Crippen molar-refractivity contribution >= 4 is 29.1 Å². The molecule has 5 nitrogen and oxygen atoms in total. The number of carbonyl (C=O) groups is 1. The van der Waals surface area contributed by atoms with Gasteiger partial charge < -0.3 is 4.74 Å². The minimum absolute atomic E-state index is 0.0321. The van der Waals surface area contributed by atoms with E-state index in [-0.39, 0.29) is 11.5 Å². The maximum absolute atomic E-state index is 12.3. The molecule has 122 valence electrons. The zero-order valence-electron chi connectivity index (χ0n) is 12.8. The Morgan fingerprint density at radius 2 is 1.96 bits per heavy atom. The monoisotopic (exact) mass is 359 g/mol. The molecule has 3 rings (SSSR count). The Morgan fingerprint density at radius 1 is 1.21 bits per heavy atom. The molecule has 0 aliphatic heterocycles. The molecule has 2 aromatic carbocycles. The number of aromatic amines is 1. The van der Waals surface area contributed by atoms with Gasteiger partial charge in [0.1, 0.15) is 5.75 Å². The van der Waals surface area contributed by atoms with Crippen LogP contribution < -0.4 is 4.74 Å². The van der Waals surface area contributed by atoms with Gasteiger partial charge in [-0.25, -0.2) is 4.98 Å². The number of ether oxygens (including phenoxy) is 1. The van der Waals surface area contributed by atoms with Gasteiger partial charge in [0.05, 0.1) is 18.4 Å². The first-order valence-corrected chi connectivity index (χ1v) is 8.51. The first kappa shape index (κ1) is 16.5. The van der Waals surface area contributed by atoms with Crippen molar-refractivity contribution in [3.8, 4) is 17.1 Å². The van der Waals surface area contributed by atoms with E-state index in [0.29, 0.717) is 27.3 Å². The third kappa shape index (κ3) is 3.77. The molecular weight excluding hydrogens is 346 g/mol. The minimum atomic E-state index is -0.0321. The van der Waals surface area contributed by atoms with Gasteiger partial charge in [-0.3, -0.25) is 9.89 Å². The number of H-pyrrole nitrogens is 1. The van der Waals surface area contributed by atoms with Crippen LogP contribution >= 0.6 is 23.4 Å². The lowest BCUT2D eigenvalue weighted by Gasteiger charge is -2.05. The van der Waals surface area contributed by atoms with Crippen molar-refractivity contribution in [3.63, 3.8) is 0 Å². The van der Waals surface area contributed by atoms with E-state index in [2.05, 4.69) is 15.2 Å². The van der Waals surface area contributed by atoms with E-state index in [1.807, 2.05) is 24.3 Å². The molecule has 0 aliphatic carbocycles. The second-order valence-electron chi connectivity index (χ2n) is 4.89. The summed E-state index contributed by atoms with van der Waals surface area (Å²) in [5.41, 5.74) is 1.44. The Balaban J connectivity index is 1.67. The summed E-state index contributed by atoms with van der Waals surface area (Å²) in [6.07, 6.45) is 0. The van der Waals surface area contributed by atoms with Gasteiger partial charge in [-0.2, -0.15) is 0 Å². The van der Waals surface area contributed by atoms with E-state index >= 15 is 0 Å². The fourth-order valence-corrected chi connectivity index (χ4v) is 2.94. The predicted molar refractivity (Wildman–Crippen MR) is 94.9 cm³/mol. The quantitative estimate of drug-likeness (QED) is 0.530. The third-order valence-electron chi connectivity index (χ3n) is 3.32. The zero-order valence-corrected chi connectivity index (χ0v) is 14.4. The molecule has 0 atom stereocenters. The number of aromatic nitrogens is 3. The van der Waals surface area contributed by atoms with Crippen molar-refractivity contribution in [1.29, 1.82) is 0 Å². The van der Waals surface area contributed by atoms with E-state index in [4.69, 9.17) is 16.3 Å². The molecule has 0 aliphatic rings. The molecule has 3 aromatic rings. The third-order valence-corrected chi connectivity index (χ3v) is 4.42. The normalized spacial score (nSPS) is 10.6. The summed E-state index contributed by atoms with van der Waals surface area (Å²) < 4.78 is 5.21. The number of nitrogens with one attached hydrogen (secondary N) is 1. The van der Waals surface area contributed by atoms with Gasteiger partial charge in [0.25, 0.3) is 0 Å². The van der Waals surface area contributed by atoms with Crippen molar-refractivity contribution in [1.82, 2.24) is 15.2 Å². The van der Waals surface area contributed by atoms with Gasteiger partial charge in [0, 0.05) is 10.6 Å². The summed E-state index contributed by atoms with van der Waals surface area (Å²) in [6, 6.07) is 14.5. The average Bonchev–Trinajstić information content (AvgIpc) is 3.09. The number of ketones is 1. The Hall–Kier alpha value is -2.31. The molecule has 0 unspecified atom stereocenters. The second-order valence-corrected chi connectivity index (χ2v) is 6.26. The highest BCUT2D eigenvalue weighted by Gasteiger charge is 2.14. The van der Waals surface area contributed by atoms with Crippen LogP contribution in [0, 0.1) is 0 Å². The molecule has 0 radical (unpaired) electrons. The van der Waals surface area contributed by atoms with Crippen molar-refractivity contribution in [2.75, 3.05) is 12.9 Å². The zero-order chi connectivity index (χ0) is 16.9. The first-order valence-electron chi connectivity index (χ1n) is 7.14. The number of thioether (sulfide) groups is 1. The van der Waals surface area contributed by atoms with Crippen LogP contribution in [0.15, 0.2) is 53.7 Å². The average molecular weight is 360 g/mol. The predicted octanol–water partition coefficient (Wildman–Crippen LogP) is 4.11. The Bertz CT molecular complexity index is 849. The summed E-state index contributed by atoms with van der Waals surface area (Å²) in [5.74, 6) is 1.41. The van der Waals surface area contributed by atoms with Crippen LogP contribution in [0.25, 0.3) is 11.4 Å². The Kier molecular flexibility index (Phi) is 5.17. The largest absolute Gasteiger partial charge is 0.496 e. The topological polar surface area (TPSA) is 67.9 Å². The van der Waals surface area contributed by atoms with Crippen LogP contribution in [-0.4, -0.2) is 33.8 Å². The molecule has 0 fully saturated rings. The molecular formula is C17H14ClN3O2S. The van der Waals surface area contributed by atoms with E-state index < -0.39 is 0 Å². The maximum atomic E-state index is 12.3. The minimum Gasteiger partial charge on any atom is -0.496 e. The summed E-state index contributed by atoms with van der Waals surface area (Å²) >= 11 is 7.15. The molecule has 0 spiro atoms. The summed E-state index contributed by atoms with van der Waals surface area (Å²) in [4.78, 5) is 16.7. The second kappa shape index (κ2) is 7.51. The number of hydrogen-bond donors (Lipinski definition) is 1. The highest BCUT2D eigenvalue weighted by Crippen LogP contribution is 2.23. The lowest BCUT2D eigenvalue weighted by Crippen LogP contribution is -2.04. The number of para-hydroxylation sites is 1. The highest BCUT2D eigenvalue weighted by atomic mass is 35.5. The number of benzene rings is 2. The fourth-order valence-electron chi connectivity index (χ4n) is 2.13. The van der Waals surface area contributed by atoms with E-state index in [1.165, 1.54) is 11.8 Å². The highest BCUT2D eigenvalue weighted by molar-refractivity contribution is 7.99. The maximum Gasteiger partial charge on any atom is 0.209 e. The van der Waals surface area contributed by atoms with Crippen molar-refractivity contribution in [2.45, 2.75) is 5.16 Å². The SMILES string of the molecule is COc1ccccc1C(=O)CSc1n[nH]c(-c2ccc(Cl)cc2)n1. The Morgan fingerprint density at radius 3 is 2.71 bits per heavy atom. The number of halogens is 1. The molecule has 0 saturated carbocycles. The number of Topliss-reactive ketones (excluding diaryl/α,β-unsaturated/α-hetero) is 1. The molecule has 1 N–H and O–H groups in total. The number of rotatable bonds is 6. The van der Waals surface area contributed by atoms with Crippen molar-refractivity contribution in [3.05, 3.63) is 59.1 Å². The van der Waals surface area contributed by atoms with Crippen LogP contribution in [-0.2, 0) is 0 Å². The number of nitrogens with zero attached hydrogens (tertiary/aromatic N) is 2. The lowest BCUT2D eigenvalue weighted by molar-refractivity contribution is 0.101. The number of carbonyl (C=O) groups excluding carboxylic acids is 1. The van der Waals surface area contributed by atoms with Gasteiger partial charge in [-0.1, -0.05) is 35.5 Å². The first-order chi connectivity index (χ1) is 11.7. The number of methoxy groups -OCH3 is 1. The van der Waals surface area contributed by atoms with Gasteiger partial charge in [0.2, 0.25) is 5.16 Å². The van der Waals surface area contributed by atoms with Gasteiger partial charge in [-0.15, -0.1) is 5.10 Å². The van der Waals surface area contributed by atoms with E-state index in [9.17, 15) is 4.79 Å². The van der Waals surface area contributed by atoms with E-state index in [0.717, 1.165) is 5.56 Å². The molecule has 7 heteroatoms. The molecule has 24 heavy (non-hydrogen) atoms. The summed E-state index contributed by atoms with van der Waals surface area (Å²) in [5, 5.41) is 8.18. The van der Waals surface area contributed by atoms with Gasteiger partial charge in [-0.05, 0) is 36.4 Å². The standard InChI is InChI=1S/C17H14ClN3O2S/c1-23-15-5-3-2-4-13(15)14(22)10-24-17-19-16(20-21-17)11-6-8-12(18)9-7-11/h2-9H,10H2,1H3,(H,19,20,21). The van der Waals surface area contributed by atoms with Gasteiger partial charge >= 0.3 is 0 Å². The van der Waals surface area contributed by atoms with Crippen LogP contribution in [0.3, 0.4) is 0 Å². The molecule has 0 bridgehead atoms. The molecule has 1 heterocycles. The van der Waals surface area contributed by atoms with Crippen LogP contribution in [0.4, 0.5) is 0 Å².